The van der Waals surface area contributed by atoms with Gasteiger partial charge in [0.1, 0.15) is 5.54 Å². The van der Waals surface area contributed by atoms with Crippen molar-refractivity contribution in [2.24, 2.45) is 0 Å². The molecule has 2 amide bonds. The van der Waals surface area contributed by atoms with E-state index in [1.165, 1.54) is 19.3 Å². The van der Waals surface area contributed by atoms with Crippen molar-refractivity contribution < 1.29 is 9.59 Å². The van der Waals surface area contributed by atoms with Crippen molar-refractivity contribution in [3.63, 3.8) is 0 Å². The van der Waals surface area contributed by atoms with E-state index in [0.717, 1.165) is 43.8 Å². The molecule has 1 heterocycles. The zero-order chi connectivity index (χ0) is 14.9. The Morgan fingerprint density at radius 1 is 1.10 bits per heavy atom. The predicted molar refractivity (Wildman–Crippen MR) is 85.2 cm³/mol. The van der Waals surface area contributed by atoms with Crippen molar-refractivity contribution in [1.82, 2.24) is 10.2 Å². The number of nitrogens with one attached hydrogen (secondary N) is 1. The lowest BCUT2D eigenvalue weighted by molar-refractivity contribution is -0.154. The lowest BCUT2D eigenvalue weighted by atomic mass is 9.78. The van der Waals surface area contributed by atoms with Crippen LogP contribution in [0.15, 0.2) is 0 Å². The second-order valence-corrected chi connectivity index (χ2v) is 7.93. The first kappa shape index (κ1) is 15.2. The largest absolute Gasteiger partial charge is 0.340 e. The van der Waals surface area contributed by atoms with Gasteiger partial charge in [0, 0.05) is 11.3 Å². The third kappa shape index (κ3) is 2.94. The number of hydrogen-bond acceptors (Lipinski definition) is 3. The van der Waals surface area contributed by atoms with Crippen LogP contribution in [0.25, 0.3) is 0 Å². The summed E-state index contributed by atoms with van der Waals surface area (Å²) in [5.74, 6) is 0.248. The number of rotatable bonds is 2. The molecule has 3 fully saturated rings. The maximum atomic E-state index is 13.0. The molecule has 0 atom stereocenters. The van der Waals surface area contributed by atoms with E-state index in [1.807, 2.05) is 16.7 Å². The summed E-state index contributed by atoms with van der Waals surface area (Å²) in [6.07, 6.45) is 11.6. The molecule has 0 aromatic carbocycles. The molecule has 2 aliphatic carbocycles. The van der Waals surface area contributed by atoms with Gasteiger partial charge in [-0.15, -0.1) is 0 Å². The van der Waals surface area contributed by atoms with Crippen LogP contribution < -0.4 is 5.32 Å². The van der Waals surface area contributed by atoms with Crippen LogP contribution in [0.1, 0.15) is 57.8 Å². The Labute approximate surface area is 131 Å². The molecule has 1 aliphatic heterocycles. The summed E-state index contributed by atoms with van der Waals surface area (Å²) in [7, 11) is 0. The average molecular weight is 310 g/mol. The highest BCUT2D eigenvalue weighted by Crippen LogP contribution is 2.36. The molecular formula is C16H26N2O2S. The fraction of sp³-hybridized carbons (Fsp3) is 0.875. The van der Waals surface area contributed by atoms with Crippen LogP contribution >= 0.6 is 11.8 Å². The molecule has 4 nitrogen and oxygen atoms in total. The van der Waals surface area contributed by atoms with Crippen molar-refractivity contribution >= 4 is 23.6 Å². The molecule has 3 rings (SSSR count). The molecule has 0 aromatic rings. The molecule has 1 N–H and O–H groups in total. The second-order valence-electron chi connectivity index (χ2n) is 6.79. The van der Waals surface area contributed by atoms with Crippen molar-refractivity contribution in [3.8, 4) is 0 Å². The Kier molecular flexibility index (Phi) is 4.48. The van der Waals surface area contributed by atoms with Crippen molar-refractivity contribution in [1.29, 1.82) is 0 Å². The number of amides is 2. The van der Waals surface area contributed by atoms with Gasteiger partial charge in [-0.3, -0.25) is 9.59 Å². The Hall–Kier alpha value is -0.710. The quantitative estimate of drug-likeness (QED) is 0.851. The van der Waals surface area contributed by atoms with Gasteiger partial charge in [0.05, 0.1) is 6.54 Å². The first-order valence-electron chi connectivity index (χ1n) is 8.29. The topological polar surface area (TPSA) is 49.4 Å². The van der Waals surface area contributed by atoms with E-state index in [0.29, 0.717) is 0 Å². The average Bonchev–Trinajstić information content (AvgIpc) is 2.52. The van der Waals surface area contributed by atoms with Gasteiger partial charge in [-0.2, -0.15) is 11.8 Å². The van der Waals surface area contributed by atoms with Crippen molar-refractivity contribution in [3.05, 3.63) is 0 Å². The number of nitrogens with zero attached hydrogens (tertiary/aromatic N) is 1. The minimum atomic E-state index is -0.566. The molecule has 118 valence electrons. The molecule has 1 spiro atoms. The Morgan fingerprint density at radius 2 is 1.76 bits per heavy atom. The van der Waals surface area contributed by atoms with Crippen LogP contribution in [0.4, 0.5) is 0 Å². The summed E-state index contributed by atoms with van der Waals surface area (Å²) >= 11 is 1.93. The molecule has 0 aromatic heterocycles. The minimum Gasteiger partial charge on any atom is -0.340 e. The van der Waals surface area contributed by atoms with E-state index in [9.17, 15) is 9.59 Å². The fourth-order valence-corrected chi connectivity index (χ4v) is 4.99. The summed E-state index contributed by atoms with van der Waals surface area (Å²) in [6, 6.07) is 0.283. The molecule has 2 saturated carbocycles. The minimum absolute atomic E-state index is 0.0449. The summed E-state index contributed by atoms with van der Waals surface area (Å²) in [5.41, 5.74) is -0.566. The predicted octanol–water partition coefficient (Wildman–Crippen LogP) is 2.32. The number of thioether (sulfide) groups is 1. The number of hydrogen-bond donors (Lipinski definition) is 1. The third-order valence-corrected chi connectivity index (χ3v) is 6.63. The first-order valence-corrected chi connectivity index (χ1v) is 9.58. The molecule has 21 heavy (non-hydrogen) atoms. The van der Waals surface area contributed by atoms with Crippen LogP contribution in [-0.4, -0.2) is 46.3 Å². The van der Waals surface area contributed by atoms with Gasteiger partial charge in [-0.1, -0.05) is 19.3 Å². The van der Waals surface area contributed by atoms with E-state index >= 15 is 0 Å². The molecule has 5 heteroatoms. The molecule has 0 unspecified atom stereocenters. The van der Waals surface area contributed by atoms with E-state index in [1.54, 1.807) is 0 Å². The monoisotopic (exact) mass is 310 g/mol. The van der Waals surface area contributed by atoms with Gasteiger partial charge in [0.2, 0.25) is 11.8 Å². The molecule has 1 saturated heterocycles. The lowest BCUT2D eigenvalue weighted by Gasteiger charge is -2.47. The SMILES string of the molecule is CSC1CCC(N2CC(=O)NC3(CCCCC3)C2=O)CC1. The smallest absolute Gasteiger partial charge is 0.249 e. The molecule has 0 radical (unpaired) electrons. The maximum absolute atomic E-state index is 13.0. The zero-order valence-electron chi connectivity index (χ0n) is 12.9. The summed E-state index contributed by atoms with van der Waals surface area (Å²) in [6.45, 7) is 0.273. The standard InChI is InChI=1S/C16H26N2O2S/c1-21-13-7-5-12(6-8-13)18-11-14(19)17-16(15(18)20)9-3-2-4-10-16/h12-13H,2-11H2,1H3,(H,17,19). The highest BCUT2D eigenvalue weighted by atomic mass is 32.2. The van der Waals surface area contributed by atoms with Gasteiger partial charge < -0.3 is 10.2 Å². The van der Waals surface area contributed by atoms with E-state index < -0.39 is 5.54 Å². The highest BCUT2D eigenvalue weighted by Gasteiger charge is 2.48. The van der Waals surface area contributed by atoms with Crippen molar-refractivity contribution in [2.45, 2.75) is 74.6 Å². The number of carbonyl (C=O) groups excluding carboxylic acids is 2. The van der Waals surface area contributed by atoms with Gasteiger partial charge in [0.25, 0.3) is 0 Å². The van der Waals surface area contributed by atoms with Crippen molar-refractivity contribution in [2.75, 3.05) is 12.8 Å². The van der Waals surface area contributed by atoms with Crippen LogP contribution in [0.2, 0.25) is 0 Å². The number of piperazine rings is 1. The molecule has 3 aliphatic rings. The van der Waals surface area contributed by atoms with E-state index in [2.05, 4.69) is 11.6 Å². The Bertz CT molecular complexity index is 413. The van der Waals surface area contributed by atoms with Gasteiger partial charge in [-0.05, 0) is 44.8 Å². The third-order valence-electron chi connectivity index (χ3n) is 5.49. The van der Waals surface area contributed by atoms with Crippen LogP contribution in [0, 0.1) is 0 Å². The van der Waals surface area contributed by atoms with Crippen LogP contribution in [0.5, 0.6) is 0 Å². The lowest BCUT2D eigenvalue weighted by Crippen LogP contribution is -2.69. The summed E-state index contributed by atoms with van der Waals surface area (Å²) in [4.78, 5) is 27.1. The van der Waals surface area contributed by atoms with E-state index in [4.69, 9.17) is 0 Å². The molecule has 0 bridgehead atoms. The maximum Gasteiger partial charge on any atom is 0.249 e. The zero-order valence-corrected chi connectivity index (χ0v) is 13.7. The second kappa shape index (κ2) is 6.19. The van der Waals surface area contributed by atoms with Crippen LogP contribution in [0.3, 0.4) is 0 Å². The highest BCUT2D eigenvalue weighted by molar-refractivity contribution is 7.99. The van der Waals surface area contributed by atoms with Crippen LogP contribution in [-0.2, 0) is 9.59 Å². The summed E-state index contributed by atoms with van der Waals surface area (Å²) in [5, 5.41) is 3.77. The van der Waals surface area contributed by atoms with E-state index in [-0.39, 0.29) is 24.4 Å². The number of carbonyl (C=O) groups is 2. The summed E-state index contributed by atoms with van der Waals surface area (Å²) < 4.78 is 0. The molecular weight excluding hydrogens is 284 g/mol. The Balaban J connectivity index is 1.72. The normalized spacial score (nSPS) is 33.1. The Morgan fingerprint density at radius 3 is 2.38 bits per heavy atom. The van der Waals surface area contributed by atoms with Gasteiger partial charge in [-0.25, -0.2) is 0 Å². The van der Waals surface area contributed by atoms with Gasteiger partial charge >= 0.3 is 0 Å². The van der Waals surface area contributed by atoms with Gasteiger partial charge in [0.15, 0.2) is 0 Å². The first-order chi connectivity index (χ1) is 10.1. The fourth-order valence-electron chi connectivity index (χ4n) is 4.24.